The Morgan fingerprint density at radius 1 is 1.22 bits per heavy atom. The summed E-state index contributed by atoms with van der Waals surface area (Å²) in [5, 5.41) is 8.89. The maximum atomic E-state index is 12.1. The van der Waals surface area contributed by atoms with Crippen molar-refractivity contribution in [1.82, 2.24) is 9.21 Å². The summed E-state index contributed by atoms with van der Waals surface area (Å²) in [5.74, 6) is 0.0564. The van der Waals surface area contributed by atoms with Crippen LogP contribution in [0.15, 0.2) is 0 Å². The number of sulfonamides is 1. The Morgan fingerprint density at radius 3 is 2.67 bits per heavy atom. The van der Waals surface area contributed by atoms with Crippen LogP contribution in [-0.2, 0) is 14.8 Å². The van der Waals surface area contributed by atoms with Crippen molar-refractivity contribution in [2.45, 2.75) is 13.3 Å². The smallest absolute Gasteiger partial charge is 0.216 e. The van der Waals surface area contributed by atoms with Gasteiger partial charge in [0.2, 0.25) is 10.0 Å². The van der Waals surface area contributed by atoms with E-state index in [0.717, 1.165) is 13.0 Å². The summed E-state index contributed by atoms with van der Waals surface area (Å²) in [6.07, 6.45) is 0.813. The molecule has 1 aliphatic rings. The number of rotatable bonds is 7. The number of β-amino-alcohol motifs (C(OH)–C–C–N with tert-alkyl or cyclic N) is 1. The van der Waals surface area contributed by atoms with E-state index in [1.165, 1.54) is 0 Å². The monoisotopic (exact) mass is 280 g/mol. The molecule has 1 saturated heterocycles. The highest BCUT2D eigenvalue weighted by Gasteiger charge is 2.24. The van der Waals surface area contributed by atoms with Gasteiger partial charge in [-0.2, -0.15) is 0 Å². The number of hydrogen-bond acceptors (Lipinski definition) is 5. The van der Waals surface area contributed by atoms with E-state index >= 15 is 0 Å². The van der Waals surface area contributed by atoms with E-state index in [9.17, 15) is 8.42 Å². The molecule has 0 atom stereocenters. The zero-order chi connectivity index (χ0) is 13.4. The summed E-state index contributed by atoms with van der Waals surface area (Å²) in [7, 11) is -3.20. The van der Waals surface area contributed by atoms with Crippen molar-refractivity contribution < 1.29 is 18.3 Å². The average molecular weight is 280 g/mol. The number of aliphatic hydroxyl groups excluding tert-OH is 1. The molecule has 0 saturated carbocycles. The number of hydrogen-bond donors (Lipinski definition) is 1. The maximum absolute atomic E-state index is 12.1. The van der Waals surface area contributed by atoms with Gasteiger partial charge in [-0.25, -0.2) is 12.7 Å². The van der Waals surface area contributed by atoms with E-state index in [1.54, 1.807) is 4.31 Å². The highest BCUT2D eigenvalue weighted by atomic mass is 32.2. The van der Waals surface area contributed by atoms with Crippen molar-refractivity contribution in [3.05, 3.63) is 0 Å². The molecule has 0 bridgehead atoms. The molecule has 0 amide bonds. The Morgan fingerprint density at radius 2 is 2.00 bits per heavy atom. The molecule has 1 fully saturated rings. The molecule has 1 heterocycles. The van der Waals surface area contributed by atoms with Gasteiger partial charge in [-0.1, -0.05) is 0 Å². The molecule has 108 valence electrons. The minimum Gasteiger partial charge on any atom is -0.395 e. The van der Waals surface area contributed by atoms with Crippen molar-refractivity contribution in [1.29, 1.82) is 0 Å². The molecule has 6 nitrogen and oxygen atoms in total. The molecule has 1 rings (SSSR count). The Bertz CT molecular complexity index is 321. The third kappa shape index (κ3) is 5.19. The highest BCUT2D eigenvalue weighted by Crippen LogP contribution is 2.08. The first-order valence-electron chi connectivity index (χ1n) is 6.49. The van der Waals surface area contributed by atoms with E-state index in [2.05, 4.69) is 4.90 Å². The van der Waals surface area contributed by atoms with Crippen LogP contribution in [0.3, 0.4) is 0 Å². The Balaban J connectivity index is 2.45. The average Bonchev–Trinajstić information content (AvgIpc) is 2.56. The molecule has 7 heteroatoms. The second kappa shape index (κ2) is 8.06. The summed E-state index contributed by atoms with van der Waals surface area (Å²) in [5.41, 5.74) is 0. The van der Waals surface area contributed by atoms with Gasteiger partial charge in [-0.05, 0) is 19.9 Å². The fourth-order valence-electron chi connectivity index (χ4n) is 2.03. The first kappa shape index (κ1) is 15.8. The van der Waals surface area contributed by atoms with E-state index in [1.807, 2.05) is 6.92 Å². The molecular weight excluding hydrogens is 256 g/mol. The minimum absolute atomic E-state index is 0.0564. The number of nitrogens with zero attached hydrogens (tertiary/aromatic N) is 2. The molecule has 1 aliphatic heterocycles. The highest BCUT2D eigenvalue weighted by molar-refractivity contribution is 7.89. The molecule has 0 unspecified atom stereocenters. The van der Waals surface area contributed by atoms with Crippen LogP contribution in [0.5, 0.6) is 0 Å². The van der Waals surface area contributed by atoms with Gasteiger partial charge < -0.3 is 9.84 Å². The van der Waals surface area contributed by atoms with Crippen LogP contribution in [0.25, 0.3) is 0 Å². The predicted molar refractivity (Wildman–Crippen MR) is 70.0 cm³/mol. The van der Waals surface area contributed by atoms with Gasteiger partial charge in [-0.15, -0.1) is 0 Å². The molecule has 0 aliphatic carbocycles. The summed E-state index contributed by atoms with van der Waals surface area (Å²) < 4.78 is 30.8. The predicted octanol–water partition coefficient (Wildman–Crippen LogP) is -0.647. The van der Waals surface area contributed by atoms with Crippen molar-refractivity contribution >= 4 is 10.0 Å². The van der Waals surface area contributed by atoms with E-state index in [4.69, 9.17) is 9.84 Å². The Hall–Kier alpha value is -0.210. The Labute approximate surface area is 110 Å². The topological polar surface area (TPSA) is 70.1 Å². The van der Waals surface area contributed by atoms with Gasteiger partial charge in [-0.3, -0.25) is 4.90 Å². The van der Waals surface area contributed by atoms with Crippen LogP contribution < -0.4 is 0 Å². The third-order valence-corrected chi connectivity index (χ3v) is 4.88. The molecular formula is C11H24N2O4S. The van der Waals surface area contributed by atoms with Crippen LogP contribution in [0.4, 0.5) is 0 Å². The van der Waals surface area contributed by atoms with E-state index in [0.29, 0.717) is 32.8 Å². The molecule has 18 heavy (non-hydrogen) atoms. The van der Waals surface area contributed by atoms with Crippen LogP contribution in [0, 0.1) is 0 Å². The fraction of sp³-hybridized carbons (Fsp3) is 1.00. The summed E-state index contributed by atoms with van der Waals surface area (Å²) in [4.78, 5) is 2.10. The van der Waals surface area contributed by atoms with E-state index < -0.39 is 10.0 Å². The summed E-state index contributed by atoms with van der Waals surface area (Å²) in [6.45, 7) is 6.00. The first-order chi connectivity index (χ1) is 8.60. The zero-order valence-electron chi connectivity index (χ0n) is 11.0. The molecule has 0 aromatic rings. The number of ether oxygens (including phenoxy) is 1. The van der Waals surface area contributed by atoms with Crippen molar-refractivity contribution in [2.24, 2.45) is 0 Å². The molecule has 0 radical (unpaired) electrons. The molecule has 0 aromatic heterocycles. The van der Waals surface area contributed by atoms with Gasteiger partial charge in [0, 0.05) is 32.8 Å². The van der Waals surface area contributed by atoms with Gasteiger partial charge in [0.1, 0.15) is 0 Å². The first-order valence-corrected chi connectivity index (χ1v) is 8.10. The maximum Gasteiger partial charge on any atom is 0.216 e. The SMILES string of the molecule is CCOCCS(=O)(=O)N1CCCN(CCO)CC1. The zero-order valence-corrected chi connectivity index (χ0v) is 11.9. The standard InChI is InChI=1S/C11H24N2O4S/c1-2-17-10-11-18(15,16)13-5-3-4-12(6-7-13)8-9-14/h14H,2-11H2,1H3. The Kier molecular flexibility index (Phi) is 7.10. The molecule has 0 aromatic carbocycles. The van der Waals surface area contributed by atoms with Crippen LogP contribution >= 0.6 is 0 Å². The van der Waals surface area contributed by atoms with Crippen LogP contribution in [-0.4, -0.2) is 81.0 Å². The summed E-state index contributed by atoms with van der Waals surface area (Å²) >= 11 is 0. The lowest BCUT2D eigenvalue weighted by molar-refractivity contribution is 0.162. The quantitative estimate of drug-likeness (QED) is 0.628. The lowest BCUT2D eigenvalue weighted by atomic mass is 10.4. The van der Waals surface area contributed by atoms with Crippen molar-refractivity contribution in [2.75, 3.05) is 58.3 Å². The second-order valence-corrected chi connectivity index (χ2v) is 6.42. The van der Waals surface area contributed by atoms with Gasteiger partial charge in [0.25, 0.3) is 0 Å². The minimum atomic E-state index is -3.20. The summed E-state index contributed by atoms with van der Waals surface area (Å²) in [6, 6.07) is 0. The lowest BCUT2D eigenvalue weighted by Gasteiger charge is -2.21. The van der Waals surface area contributed by atoms with E-state index in [-0.39, 0.29) is 19.0 Å². The van der Waals surface area contributed by atoms with Crippen LogP contribution in [0.2, 0.25) is 0 Å². The van der Waals surface area contributed by atoms with Crippen LogP contribution in [0.1, 0.15) is 13.3 Å². The second-order valence-electron chi connectivity index (χ2n) is 4.33. The largest absolute Gasteiger partial charge is 0.395 e. The van der Waals surface area contributed by atoms with Gasteiger partial charge in [0.05, 0.1) is 19.0 Å². The number of aliphatic hydroxyl groups is 1. The van der Waals surface area contributed by atoms with Gasteiger partial charge in [0.15, 0.2) is 0 Å². The molecule has 1 N–H and O–H groups in total. The van der Waals surface area contributed by atoms with Crippen molar-refractivity contribution in [3.63, 3.8) is 0 Å². The normalized spacial score (nSPS) is 19.9. The lowest BCUT2D eigenvalue weighted by Crippen LogP contribution is -2.38. The van der Waals surface area contributed by atoms with Gasteiger partial charge >= 0.3 is 0 Å². The van der Waals surface area contributed by atoms with Crippen molar-refractivity contribution in [3.8, 4) is 0 Å². The molecule has 0 spiro atoms. The third-order valence-electron chi connectivity index (χ3n) is 3.05. The fourth-order valence-corrected chi connectivity index (χ4v) is 3.38.